The number of thiophene rings is 1. The van der Waals surface area contributed by atoms with Crippen LogP contribution < -0.4 is 5.32 Å². The summed E-state index contributed by atoms with van der Waals surface area (Å²) in [6.45, 7) is 2.62. The molecule has 2 heterocycles. The van der Waals surface area contributed by atoms with Crippen molar-refractivity contribution in [2.45, 2.75) is 44.7 Å². The van der Waals surface area contributed by atoms with E-state index < -0.39 is 11.6 Å². The van der Waals surface area contributed by atoms with Gasteiger partial charge in [-0.2, -0.15) is 11.3 Å². The molecule has 1 aromatic heterocycles. The Kier molecular flexibility index (Phi) is 5.28. The van der Waals surface area contributed by atoms with Gasteiger partial charge in [0.1, 0.15) is 11.6 Å². The fourth-order valence-electron chi connectivity index (χ4n) is 4.30. The maximum Gasteiger partial charge on any atom is 0.223 e. The normalized spacial score (nSPS) is 20.6. The molecule has 2 aliphatic rings. The monoisotopic (exact) mass is 390 g/mol. The molecule has 1 unspecified atom stereocenters. The van der Waals surface area contributed by atoms with Gasteiger partial charge in [-0.1, -0.05) is 0 Å². The largest absolute Gasteiger partial charge is 0.335 e. The van der Waals surface area contributed by atoms with Crippen LogP contribution >= 0.6 is 11.3 Å². The van der Waals surface area contributed by atoms with Crippen LogP contribution in [0.1, 0.15) is 36.8 Å². The zero-order valence-electron chi connectivity index (χ0n) is 15.2. The van der Waals surface area contributed by atoms with Gasteiger partial charge >= 0.3 is 0 Å². The summed E-state index contributed by atoms with van der Waals surface area (Å²) in [7, 11) is 0. The van der Waals surface area contributed by atoms with E-state index in [0.29, 0.717) is 6.54 Å². The van der Waals surface area contributed by atoms with Gasteiger partial charge in [0.15, 0.2) is 0 Å². The molecule has 1 aromatic carbocycles. The van der Waals surface area contributed by atoms with Crippen LogP contribution in [0.25, 0.3) is 0 Å². The van der Waals surface area contributed by atoms with Crippen molar-refractivity contribution in [1.82, 2.24) is 10.2 Å². The first-order valence-corrected chi connectivity index (χ1v) is 10.5. The summed E-state index contributed by atoms with van der Waals surface area (Å²) in [4.78, 5) is 15.0. The average Bonchev–Trinajstić information content (AvgIpc) is 3.10. The molecule has 3 nitrogen and oxygen atoms in total. The molecule has 1 aliphatic carbocycles. The van der Waals surface area contributed by atoms with Crippen LogP contribution in [0.15, 0.2) is 35.0 Å². The summed E-state index contributed by atoms with van der Waals surface area (Å²) >= 11 is 1.63. The van der Waals surface area contributed by atoms with E-state index in [-0.39, 0.29) is 35.8 Å². The number of aryl methyl sites for hydroxylation is 1. The van der Waals surface area contributed by atoms with E-state index in [0.717, 1.165) is 50.0 Å². The van der Waals surface area contributed by atoms with E-state index in [1.807, 2.05) is 10.3 Å². The first-order valence-electron chi connectivity index (χ1n) is 9.53. The lowest BCUT2D eigenvalue weighted by molar-refractivity contribution is -0.133. The Bertz CT molecular complexity index is 803. The number of piperidine rings is 1. The minimum atomic E-state index is -0.468. The minimum Gasteiger partial charge on any atom is -0.335 e. The van der Waals surface area contributed by atoms with Crippen molar-refractivity contribution >= 4 is 17.2 Å². The molecule has 6 heteroatoms. The molecule has 1 saturated heterocycles. The van der Waals surface area contributed by atoms with Crippen molar-refractivity contribution in [3.05, 3.63) is 57.8 Å². The quantitative estimate of drug-likeness (QED) is 0.804. The number of hydrogen-bond donors (Lipinski definition) is 1. The number of nitrogens with zero attached hydrogens (tertiary/aromatic N) is 1. The van der Waals surface area contributed by atoms with E-state index in [1.54, 1.807) is 11.3 Å². The van der Waals surface area contributed by atoms with E-state index in [4.69, 9.17) is 0 Å². The van der Waals surface area contributed by atoms with E-state index in [2.05, 4.69) is 16.8 Å². The molecule has 0 radical (unpaired) electrons. The highest BCUT2D eigenvalue weighted by atomic mass is 32.1. The lowest BCUT2D eigenvalue weighted by atomic mass is 9.93. The minimum absolute atomic E-state index is 0.0327. The Labute approximate surface area is 162 Å². The Balaban J connectivity index is 1.46. The molecule has 2 aromatic rings. The van der Waals surface area contributed by atoms with Crippen LogP contribution in [0, 0.1) is 17.0 Å². The zero-order chi connectivity index (χ0) is 18.9. The summed E-state index contributed by atoms with van der Waals surface area (Å²) in [6, 6.07) is 5.74. The van der Waals surface area contributed by atoms with Gasteiger partial charge in [0.25, 0.3) is 0 Å². The number of amides is 1. The fraction of sp³-hybridized carbons (Fsp3) is 0.476. The van der Waals surface area contributed by atoms with Crippen molar-refractivity contribution in [2.24, 2.45) is 5.41 Å². The molecule has 1 saturated carbocycles. The molecule has 2 fully saturated rings. The molecule has 1 atom stereocenters. The van der Waals surface area contributed by atoms with Crippen LogP contribution in [-0.4, -0.2) is 29.9 Å². The third-order valence-electron chi connectivity index (χ3n) is 5.99. The lowest BCUT2D eigenvalue weighted by Gasteiger charge is -2.29. The first kappa shape index (κ1) is 18.6. The predicted octanol–water partition coefficient (Wildman–Crippen LogP) is 4.13. The van der Waals surface area contributed by atoms with Gasteiger partial charge in [0, 0.05) is 19.0 Å². The lowest BCUT2D eigenvalue weighted by Crippen LogP contribution is -2.39. The second-order valence-corrected chi connectivity index (χ2v) is 8.50. The van der Waals surface area contributed by atoms with Gasteiger partial charge in [-0.3, -0.25) is 4.79 Å². The molecule has 1 aliphatic heterocycles. The van der Waals surface area contributed by atoms with Crippen LogP contribution in [0.4, 0.5) is 8.78 Å². The van der Waals surface area contributed by atoms with E-state index >= 15 is 0 Å². The molecule has 0 bridgehead atoms. The standard InChI is InChI=1S/C21H24F2N2OS/c22-17-2-3-18(23)16(11-17)1-4-20(26)25(13-15-5-10-27-14-15)19-12-21(19)6-8-24-9-7-21/h2-3,5,10-11,14,19,24H,1,4,6-9,12-13H2. The first-order chi connectivity index (χ1) is 13.1. The smallest absolute Gasteiger partial charge is 0.223 e. The van der Waals surface area contributed by atoms with Crippen LogP contribution in [0.5, 0.6) is 0 Å². The van der Waals surface area contributed by atoms with Crippen molar-refractivity contribution in [2.75, 3.05) is 13.1 Å². The molecular weight excluding hydrogens is 366 g/mol. The van der Waals surface area contributed by atoms with Crippen molar-refractivity contribution in [3.8, 4) is 0 Å². The van der Waals surface area contributed by atoms with Gasteiger partial charge < -0.3 is 10.2 Å². The molecule has 4 rings (SSSR count). The summed E-state index contributed by atoms with van der Waals surface area (Å²) in [5, 5.41) is 7.49. The molecular formula is C21H24F2N2OS. The molecule has 27 heavy (non-hydrogen) atoms. The van der Waals surface area contributed by atoms with Crippen LogP contribution in [-0.2, 0) is 17.8 Å². The molecule has 1 amide bonds. The fourth-order valence-corrected chi connectivity index (χ4v) is 4.96. The number of carbonyl (C=O) groups excluding carboxylic acids is 1. The van der Waals surface area contributed by atoms with Gasteiger partial charge in [0.05, 0.1) is 0 Å². The number of hydrogen-bond acceptors (Lipinski definition) is 3. The van der Waals surface area contributed by atoms with Gasteiger partial charge in [-0.25, -0.2) is 8.78 Å². The topological polar surface area (TPSA) is 32.3 Å². The highest BCUT2D eigenvalue weighted by molar-refractivity contribution is 7.07. The highest BCUT2D eigenvalue weighted by Crippen LogP contribution is 2.56. The zero-order valence-corrected chi connectivity index (χ0v) is 16.0. The Hall–Kier alpha value is -1.79. The second-order valence-electron chi connectivity index (χ2n) is 7.72. The summed E-state index contributed by atoms with van der Waals surface area (Å²) in [5.74, 6) is -0.884. The number of benzene rings is 1. The number of rotatable bonds is 6. The van der Waals surface area contributed by atoms with Crippen molar-refractivity contribution in [1.29, 1.82) is 0 Å². The van der Waals surface area contributed by atoms with Gasteiger partial charge in [0.2, 0.25) is 5.91 Å². The number of halogens is 2. The van der Waals surface area contributed by atoms with Crippen LogP contribution in [0.2, 0.25) is 0 Å². The van der Waals surface area contributed by atoms with Gasteiger partial charge in [-0.15, -0.1) is 0 Å². The third kappa shape index (κ3) is 4.06. The summed E-state index contributed by atoms with van der Waals surface area (Å²) < 4.78 is 27.3. The Morgan fingerprint density at radius 1 is 1.26 bits per heavy atom. The maximum absolute atomic E-state index is 13.9. The molecule has 1 spiro atoms. The molecule has 144 valence electrons. The van der Waals surface area contributed by atoms with E-state index in [9.17, 15) is 13.6 Å². The number of carbonyl (C=O) groups is 1. The predicted molar refractivity (Wildman–Crippen MR) is 102 cm³/mol. The van der Waals surface area contributed by atoms with Crippen molar-refractivity contribution < 1.29 is 13.6 Å². The van der Waals surface area contributed by atoms with Crippen molar-refractivity contribution in [3.63, 3.8) is 0 Å². The Morgan fingerprint density at radius 3 is 2.81 bits per heavy atom. The number of nitrogens with one attached hydrogen (secondary N) is 1. The SMILES string of the molecule is O=C(CCc1cc(F)ccc1F)N(Cc1ccsc1)C1CC12CCNCC2. The summed E-state index contributed by atoms with van der Waals surface area (Å²) in [6.07, 6.45) is 3.69. The summed E-state index contributed by atoms with van der Waals surface area (Å²) in [5.41, 5.74) is 1.66. The second kappa shape index (κ2) is 7.68. The highest BCUT2D eigenvalue weighted by Gasteiger charge is 2.57. The van der Waals surface area contributed by atoms with Gasteiger partial charge in [-0.05, 0) is 90.3 Å². The maximum atomic E-state index is 13.9. The third-order valence-corrected chi connectivity index (χ3v) is 6.72. The Morgan fingerprint density at radius 2 is 2.07 bits per heavy atom. The van der Waals surface area contributed by atoms with E-state index in [1.165, 1.54) is 6.07 Å². The molecule has 1 N–H and O–H groups in total. The average molecular weight is 390 g/mol. The van der Waals surface area contributed by atoms with Crippen LogP contribution in [0.3, 0.4) is 0 Å².